The molecule has 0 aliphatic carbocycles. The summed E-state index contributed by atoms with van der Waals surface area (Å²) in [6.07, 6.45) is 0. The van der Waals surface area contributed by atoms with Crippen molar-refractivity contribution < 1.29 is 9.90 Å². The summed E-state index contributed by atoms with van der Waals surface area (Å²) in [5.41, 5.74) is 1.63. The summed E-state index contributed by atoms with van der Waals surface area (Å²) in [6.45, 7) is 7.37. The van der Waals surface area contributed by atoms with Crippen LogP contribution in [-0.4, -0.2) is 23.2 Å². The SMILES string of the molecule is Cc1ccc(N(C(=O)CO)C(C)(C)C)cc1. The quantitative estimate of drug-likeness (QED) is 0.831. The van der Waals surface area contributed by atoms with E-state index in [0.717, 1.165) is 11.3 Å². The minimum absolute atomic E-state index is 0.281. The minimum atomic E-state index is -0.467. The fraction of sp³-hybridized carbons (Fsp3) is 0.462. The molecule has 0 fully saturated rings. The molecule has 0 spiro atoms. The van der Waals surface area contributed by atoms with Gasteiger partial charge in [0.1, 0.15) is 6.61 Å². The third-order valence-electron chi connectivity index (χ3n) is 2.35. The van der Waals surface area contributed by atoms with E-state index in [1.165, 1.54) is 0 Å². The summed E-state index contributed by atoms with van der Waals surface area (Å²) in [5, 5.41) is 8.99. The number of rotatable bonds is 2. The van der Waals surface area contributed by atoms with Gasteiger partial charge in [0.25, 0.3) is 5.91 Å². The summed E-state index contributed by atoms with van der Waals surface area (Å²) in [4.78, 5) is 13.3. The highest BCUT2D eigenvalue weighted by Crippen LogP contribution is 2.24. The lowest BCUT2D eigenvalue weighted by Gasteiger charge is -2.35. The Bertz CT molecular complexity index is 363. The van der Waals surface area contributed by atoms with Crippen molar-refractivity contribution in [1.82, 2.24) is 0 Å². The summed E-state index contributed by atoms with van der Waals surface area (Å²) < 4.78 is 0. The van der Waals surface area contributed by atoms with Gasteiger partial charge in [-0.3, -0.25) is 4.79 Å². The second-order valence-electron chi connectivity index (χ2n) is 4.89. The molecule has 0 atom stereocenters. The molecule has 0 unspecified atom stereocenters. The fourth-order valence-electron chi connectivity index (χ4n) is 1.67. The lowest BCUT2D eigenvalue weighted by molar-refractivity contribution is -0.122. The van der Waals surface area contributed by atoms with Gasteiger partial charge in [0.15, 0.2) is 0 Å². The van der Waals surface area contributed by atoms with Gasteiger partial charge >= 0.3 is 0 Å². The Balaban J connectivity index is 3.11. The molecule has 3 heteroatoms. The van der Waals surface area contributed by atoms with Gasteiger partial charge < -0.3 is 10.0 Å². The number of carbonyl (C=O) groups excluding carboxylic acids is 1. The molecular weight excluding hydrogens is 202 g/mol. The molecular formula is C13H19NO2. The summed E-state index contributed by atoms with van der Waals surface area (Å²) in [6, 6.07) is 7.71. The summed E-state index contributed by atoms with van der Waals surface area (Å²) in [7, 11) is 0. The number of aliphatic hydroxyl groups is 1. The van der Waals surface area contributed by atoms with Crippen molar-refractivity contribution in [2.24, 2.45) is 0 Å². The van der Waals surface area contributed by atoms with E-state index in [-0.39, 0.29) is 11.4 Å². The average Bonchev–Trinajstić information content (AvgIpc) is 2.19. The maximum atomic E-state index is 11.7. The van der Waals surface area contributed by atoms with Crippen molar-refractivity contribution >= 4 is 11.6 Å². The Morgan fingerprint density at radius 2 is 1.75 bits per heavy atom. The zero-order valence-corrected chi connectivity index (χ0v) is 10.3. The first kappa shape index (κ1) is 12.7. The number of carbonyl (C=O) groups is 1. The van der Waals surface area contributed by atoms with Crippen LogP contribution >= 0.6 is 0 Å². The zero-order chi connectivity index (χ0) is 12.3. The van der Waals surface area contributed by atoms with Gasteiger partial charge in [-0.2, -0.15) is 0 Å². The Morgan fingerprint density at radius 3 is 2.12 bits per heavy atom. The van der Waals surface area contributed by atoms with Crippen LogP contribution in [0.25, 0.3) is 0 Å². The normalized spacial score (nSPS) is 11.3. The Labute approximate surface area is 96.7 Å². The first-order valence-electron chi connectivity index (χ1n) is 5.37. The number of anilines is 1. The van der Waals surface area contributed by atoms with E-state index < -0.39 is 6.61 Å². The van der Waals surface area contributed by atoms with E-state index in [1.54, 1.807) is 4.90 Å². The van der Waals surface area contributed by atoms with Crippen molar-refractivity contribution in [2.75, 3.05) is 11.5 Å². The van der Waals surface area contributed by atoms with Crippen LogP contribution in [0.5, 0.6) is 0 Å². The van der Waals surface area contributed by atoms with Crippen molar-refractivity contribution in [1.29, 1.82) is 0 Å². The van der Waals surface area contributed by atoms with E-state index in [1.807, 2.05) is 52.0 Å². The lowest BCUT2D eigenvalue weighted by Crippen LogP contribution is -2.47. The molecule has 0 aromatic heterocycles. The van der Waals surface area contributed by atoms with Gasteiger partial charge in [0, 0.05) is 11.2 Å². The molecule has 1 amide bonds. The number of aliphatic hydroxyl groups excluding tert-OH is 1. The number of benzene rings is 1. The first-order chi connectivity index (χ1) is 7.36. The molecule has 0 saturated carbocycles. The van der Waals surface area contributed by atoms with Crippen LogP contribution in [0.15, 0.2) is 24.3 Å². The van der Waals surface area contributed by atoms with Crippen LogP contribution in [0.3, 0.4) is 0 Å². The van der Waals surface area contributed by atoms with Crippen molar-refractivity contribution in [2.45, 2.75) is 33.2 Å². The van der Waals surface area contributed by atoms with Gasteiger partial charge in [-0.15, -0.1) is 0 Å². The Kier molecular flexibility index (Phi) is 3.70. The second kappa shape index (κ2) is 4.66. The zero-order valence-electron chi connectivity index (χ0n) is 10.3. The molecule has 1 aromatic rings. The van der Waals surface area contributed by atoms with E-state index in [4.69, 9.17) is 5.11 Å². The fourth-order valence-corrected chi connectivity index (χ4v) is 1.67. The number of hydrogen-bond donors (Lipinski definition) is 1. The molecule has 16 heavy (non-hydrogen) atoms. The largest absolute Gasteiger partial charge is 0.387 e. The van der Waals surface area contributed by atoms with E-state index >= 15 is 0 Å². The topological polar surface area (TPSA) is 40.5 Å². The maximum Gasteiger partial charge on any atom is 0.253 e. The minimum Gasteiger partial charge on any atom is -0.387 e. The van der Waals surface area contributed by atoms with Gasteiger partial charge in [-0.1, -0.05) is 17.7 Å². The van der Waals surface area contributed by atoms with Crippen LogP contribution in [0.4, 0.5) is 5.69 Å². The maximum absolute atomic E-state index is 11.7. The first-order valence-corrected chi connectivity index (χ1v) is 5.37. The molecule has 0 radical (unpaired) electrons. The number of amides is 1. The molecule has 0 saturated heterocycles. The average molecular weight is 221 g/mol. The number of aryl methyl sites for hydroxylation is 1. The number of hydrogen-bond acceptors (Lipinski definition) is 2. The predicted molar refractivity (Wildman–Crippen MR) is 65.5 cm³/mol. The van der Waals surface area contributed by atoms with Crippen LogP contribution in [-0.2, 0) is 4.79 Å². The molecule has 0 aliphatic heterocycles. The van der Waals surface area contributed by atoms with Gasteiger partial charge in [0.2, 0.25) is 0 Å². The van der Waals surface area contributed by atoms with Crippen molar-refractivity contribution in [3.63, 3.8) is 0 Å². The van der Waals surface area contributed by atoms with Gasteiger partial charge in [0.05, 0.1) is 0 Å². The smallest absolute Gasteiger partial charge is 0.253 e. The monoisotopic (exact) mass is 221 g/mol. The highest BCUT2D eigenvalue weighted by molar-refractivity contribution is 5.95. The Hall–Kier alpha value is -1.35. The molecule has 1 rings (SSSR count). The van der Waals surface area contributed by atoms with E-state index in [2.05, 4.69) is 0 Å². The molecule has 1 aromatic carbocycles. The highest BCUT2D eigenvalue weighted by atomic mass is 16.3. The highest BCUT2D eigenvalue weighted by Gasteiger charge is 2.27. The second-order valence-corrected chi connectivity index (χ2v) is 4.89. The van der Waals surface area contributed by atoms with Gasteiger partial charge in [-0.25, -0.2) is 0 Å². The van der Waals surface area contributed by atoms with E-state index in [0.29, 0.717) is 0 Å². The molecule has 88 valence electrons. The summed E-state index contributed by atoms with van der Waals surface area (Å²) in [5.74, 6) is -0.281. The third-order valence-corrected chi connectivity index (χ3v) is 2.35. The van der Waals surface area contributed by atoms with Crippen LogP contribution in [0, 0.1) is 6.92 Å². The van der Waals surface area contributed by atoms with Crippen molar-refractivity contribution in [3.8, 4) is 0 Å². The molecule has 0 aliphatic rings. The summed E-state index contributed by atoms with van der Waals surface area (Å²) >= 11 is 0. The van der Waals surface area contributed by atoms with Crippen LogP contribution < -0.4 is 4.90 Å². The third kappa shape index (κ3) is 2.83. The van der Waals surface area contributed by atoms with Gasteiger partial charge in [-0.05, 0) is 39.8 Å². The predicted octanol–water partition coefficient (Wildman–Crippen LogP) is 2.12. The Morgan fingerprint density at radius 1 is 1.25 bits per heavy atom. The van der Waals surface area contributed by atoms with Crippen LogP contribution in [0.2, 0.25) is 0 Å². The van der Waals surface area contributed by atoms with E-state index in [9.17, 15) is 4.79 Å². The molecule has 0 heterocycles. The molecule has 1 N–H and O–H groups in total. The molecule has 0 bridgehead atoms. The standard InChI is InChI=1S/C13H19NO2/c1-10-5-7-11(8-6-10)14(12(16)9-15)13(2,3)4/h5-8,15H,9H2,1-4H3. The molecule has 3 nitrogen and oxygen atoms in total. The lowest BCUT2D eigenvalue weighted by atomic mass is 10.0. The number of nitrogens with zero attached hydrogens (tertiary/aromatic N) is 1. The van der Waals surface area contributed by atoms with Crippen molar-refractivity contribution in [3.05, 3.63) is 29.8 Å². The van der Waals surface area contributed by atoms with Crippen LogP contribution in [0.1, 0.15) is 26.3 Å².